The number of rotatable bonds is 4. The van der Waals surface area contributed by atoms with E-state index >= 15 is 0 Å². The summed E-state index contributed by atoms with van der Waals surface area (Å²) >= 11 is 3.16. The lowest BCUT2D eigenvalue weighted by atomic mass is 10.2. The zero-order chi connectivity index (χ0) is 13.2. The average Bonchev–Trinajstić information content (AvgIpc) is 2.15. The van der Waals surface area contributed by atoms with Crippen LogP contribution in [-0.4, -0.2) is 24.7 Å². The molecule has 0 saturated carbocycles. The summed E-state index contributed by atoms with van der Waals surface area (Å²) in [6.07, 6.45) is 0. The van der Waals surface area contributed by atoms with Crippen LogP contribution < -0.4 is 4.72 Å². The number of carboxylic acids is 1. The number of halogens is 1. The predicted molar refractivity (Wildman–Crippen MR) is 68.8 cm³/mol. The Kier molecular flexibility index (Phi) is 4.16. The van der Waals surface area contributed by atoms with Gasteiger partial charge in [0.2, 0.25) is 10.0 Å². The molecular formula is C10H12BrNO4S. The van der Waals surface area contributed by atoms with Crippen LogP contribution in [0.25, 0.3) is 0 Å². The molecule has 0 aliphatic carbocycles. The fraction of sp³-hybridized carbons (Fsp3) is 0.300. The number of anilines is 1. The smallest absolute Gasteiger partial charge is 0.337 e. The van der Waals surface area contributed by atoms with Gasteiger partial charge in [-0.15, -0.1) is 0 Å². The summed E-state index contributed by atoms with van der Waals surface area (Å²) in [6, 6.07) is 4.30. The molecule has 94 valence electrons. The molecule has 0 aromatic heterocycles. The molecule has 0 amide bonds. The van der Waals surface area contributed by atoms with Gasteiger partial charge in [-0.3, -0.25) is 4.72 Å². The van der Waals surface area contributed by atoms with Crippen LogP contribution >= 0.6 is 15.9 Å². The van der Waals surface area contributed by atoms with Crippen molar-refractivity contribution in [3.05, 3.63) is 28.2 Å². The van der Waals surface area contributed by atoms with Crippen molar-refractivity contribution in [2.45, 2.75) is 19.1 Å². The first-order chi connectivity index (χ1) is 7.74. The minimum Gasteiger partial charge on any atom is -0.478 e. The van der Waals surface area contributed by atoms with E-state index in [1.807, 2.05) is 0 Å². The second-order valence-electron chi connectivity index (χ2n) is 3.69. The quantitative estimate of drug-likeness (QED) is 0.891. The summed E-state index contributed by atoms with van der Waals surface area (Å²) < 4.78 is 26.2. The van der Waals surface area contributed by atoms with Crippen molar-refractivity contribution in [3.63, 3.8) is 0 Å². The molecule has 0 atom stereocenters. The van der Waals surface area contributed by atoms with E-state index in [0.717, 1.165) is 0 Å². The summed E-state index contributed by atoms with van der Waals surface area (Å²) in [5, 5.41) is 8.31. The number of nitrogens with one attached hydrogen (secondary N) is 1. The molecule has 1 aromatic rings. The maximum atomic E-state index is 11.7. The third kappa shape index (κ3) is 3.44. The summed E-state index contributed by atoms with van der Waals surface area (Å²) in [7, 11) is -3.56. The van der Waals surface area contributed by atoms with Gasteiger partial charge in [-0.1, -0.05) is 15.9 Å². The Morgan fingerprint density at radius 3 is 2.47 bits per heavy atom. The minimum atomic E-state index is -3.56. The monoisotopic (exact) mass is 321 g/mol. The maximum absolute atomic E-state index is 11.7. The highest BCUT2D eigenvalue weighted by Crippen LogP contribution is 2.23. The van der Waals surface area contributed by atoms with Gasteiger partial charge in [-0.05, 0) is 32.0 Å². The van der Waals surface area contributed by atoms with Crippen LogP contribution in [0.15, 0.2) is 22.7 Å². The summed E-state index contributed by atoms with van der Waals surface area (Å²) in [5.41, 5.74) is -0.0296. The molecule has 0 spiro atoms. The van der Waals surface area contributed by atoms with Crippen LogP contribution in [0.1, 0.15) is 24.2 Å². The van der Waals surface area contributed by atoms with Crippen LogP contribution in [0.3, 0.4) is 0 Å². The van der Waals surface area contributed by atoms with Gasteiger partial charge in [0, 0.05) is 4.47 Å². The zero-order valence-electron chi connectivity index (χ0n) is 9.27. The van der Waals surface area contributed by atoms with Crippen LogP contribution in [0.2, 0.25) is 0 Å². The molecule has 0 aliphatic heterocycles. The standard InChI is InChI=1S/C10H12BrNO4S/c1-6(2)17(15,16)12-9-5-7(11)3-4-8(9)10(13)14/h3-6,12H,1-2H3,(H,13,14). The van der Waals surface area contributed by atoms with Gasteiger partial charge in [0.15, 0.2) is 0 Å². The third-order valence-corrected chi connectivity index (χ3v) is 4.32. The second kappa shape index (κ2) is 5.05. The molecule has 0 fully saturated rings. The fourth-order valence-corrected chi connectivity index (χ4v) is 2.13. The Hall–Kier alpha value is -1.08. The van der Waals surface area contributed by atoms with E-state index < -0.39 is 21.2 Å². The lowest BCUT2D eigenvalue weighted by molar-refractivity contribution is 0.0698. The number of hydrogen-bond acceptors (Lipinski definition) is 3. The predicted octanol–water partition coefficient (Wildman–Crippen LogP) is 2.30. The third-order valence-electron chi connectivity index (χ3n) is 2.08. The van der Waals surface area contributed by atoms with Gasteiger partial charge < -0.3 is 5.11 Å². The Labute approximate surface area is 108 Å². The molecule has 0 bridgehead atoms. The fourth-order valence-electron chi connectivity index (χ4n) is 1.06. The molecule has 1 aromatic carbocycles. The molecule has 0 radical (unpaired) electrons. The van der Waals surface area contributed by atoms with E-state index in [9.17, 15) is 13.2 Å². The van der Waals surface area contributed by atoms with Crippen molar-refractivity contribution >= 4 is 37.6 Å². The van der Waals surface area contributed by atoms with E-state index in [2.05, 4.69) is 20.7 Å². The number of carboxylic acid groups (broad SMARTS) is 1. The van der Waals surface area contributed by atoms with E-state index in [0.29, 0.717) is 4.47 Å². The molecule has 7 heteroatoms. The lowest BCUT2D eigenvalue weighted by Crippen LogP contribution is -2.23. The Morgan fingerprint density at radius 2 is 2.00 bits per heavy atom. The molecule has 5 nitrogen and oxygen atoms in total. The number of carbonyl (C=O) groups is 1. The van der Waals surface area contributed by atoms with Crippen molar-refractivity contribution in [2.24, 2.45) is 0 Å². The van der Waals surface area contributed by atoms with Gasteiger partial charge >= 0.3 is 5.97 Å². The highest BCUT2D eigenvalue weighted by molar-refractivity contribution is 9.10. The Balaban J connectivity index is 3.22. The number of benzene rings is 1. The molecular weight excluding hydrogens is 310 g/mol. The molecule has 0 unspecified atom stereocenters. The molecule has 1 rings (SSSR count). The van der Waals surface area contributed by atoms with Gasteiger partial charge in [0.25, 0.3) is 0 Å². The SMILES string of the molecule is CC(C)S(=O)(=O)Nc1cc(Br)ccc1C(=O)O. The van der Waals surface area contributed by atoms with E-state index in [4.69, 9.17) is 5.11 Å². The summed E-state index contributed by atoms with van der Waals surface area (Å²) in [5.74, 6) is -1.18. The van der Waals surface area contributed by atoms with Crippen LogP contribution in [0, 0.1) is 0 Å². The lowest BCUT2D eigenvalue weighted by Gasteiger charge is -2.13. The molecule has 0 heterocycles. The number of hydrogen-bond donors (Lipinski definition) is 2. The first-order valence-electron chi connectivity index (χ1n) is 4.78. The normalized spacial score (nSPS) is 11.5. The highest BCUT2D eigenvalue weighted by atomic mass is 79.9. The number of aromatic carboxylic acids is 1. The van der Waals surface area contributed by atoms with Crippen molar-refractivity contribution < 1.29 is 18.3 Å². The van der Waals surface area contributed by atoms with Gasteiger partial charge in [0.1, 0.15) is 0 Å². The number of sulfonamides is 1. The highest BCUT2D eigenvalue weighted by Gasteiger charge is 2.19. The minimum absolute atomic E-state index is 0.0561. The molecule has 0 saturated heterocycles. The second-order valence-corrected chi connectivity index (χ2v) is 6.84. The van der Waals surface area contributed by atoms with Gasteiger partial charge in [-0.2, -0.15) is 0 Å². The summed E-state index contributed by atoms with van der Waals surface area (Å²) in [6.45, 7) is 3.03. The van der Waals surface area contributed by atoms with Crippen molar-refractivity contribution in [1.82, 2.24) is 0 Å². The van der Waals surface area contributed by atoms with Crippen molar-refractivity contribution in [1.29, 1.82) is 0 Å². The van der Waals surface area contributed by atoms with Gasteiger partial charge in [0.05, 0.1) is 16.5 Å². The Morgan fingerprint density at radius 1 is 1.41 bits per heavy atom. The van der Waals surface area contributed by atoms with E-state index in [1.165, 1.54) is 32.0 Å². The van der Waals surface area contributed by atoms with E-state index in [1.54, 1.807) is 0 Å². The van der Waals surface area contributed by atoms with Crippen molar-refractivity contribution in [2.75, 3.05) is 4.72 Å². The van der Waals surface area contributed by atoms with Crippen molar-refractivity contribution in [3.8, 4) is 0 Å². The zero-order valence-corrected chi connectivity index (χ0v) is 11.7. The van der Waals surface area contributed by atoms with Crippen LogP contribution in [0.5, 0.6) is 0 Å². The molecule has 2 N–H and O–H groups in total. The first kappa shape index (κ1) is 14.0. The Bertz CT molecular complexity index is 539. The average molecular weight is 322 g/mol. The topological polar surface area (TPSA) is 83.5 Å². The first-order valence-corrected chi connectivity index (χ1v) is 7.12. The maximum Gasteiger partial charge on any atom is 0.337 e. The summed E-state index contributed by atoms with van der Waals surface area (Å²) in [4.78, 5) is 10.9. The molecule has 0 aliphatic rings. The molecule has 17 heavy (non-hydrogen) atoms. The largest absolute Gasteiger partial charge is 0.478 e. The van der Waals surface area contributed by atoms with Crippen LogP contribution in [-0.2, 0) is 10.0 Å². The van der Waals surface area contributed by atoms with Crippen LogP contribution in [0.4, 0.5) is 5.69 Å². The van der Waals surface area contributed by atoms with Gasteiger partial charge in [-0.25, -0.2) is 13.2 Å². The van der Waals surface area contributed by atoms with E-state index in [-0.39, 0.29) is 11.3 Å².